The average molecular weight is 143 g/mol. The summed E-state index contributed by atoms with van der Waals surface area (Å²) >= 11 is 0. The number of rotatable bonds is 5. The molecule has 3 nitrogen and oxygen atoms in total. The number of hydrogen-bond acceptors (Lipinski definition) is 3. The first-order valence-electron chi connectivity index (χ1n) is 3.74. The summed E-state index contributed by atoms with van der Waals surface area (Å²) in [6.07, 6.45) is 4.46. The Kier molecular flexibility index (Phi) is 6.18. The highest BCUT2D eigenvalue weighted by molar-refractivity contribution is 5.81. The number of hydrazone groups is 1. The van der Waals surface area contributed by atoms with Gasteiger partial charge in [0.05, 0.1) is 0 Å². The molecule has 0 saturated heterocycles. The molecule has 3 heteroatoms. The van der Waals surface area contributed by atoms with E-state index in [1.807, 2.05) is 6.92 Å². The molecule has 0 radical (unpaired) electrons. The zero-order chi connectivity index (χ0) is 7.82. The van der Waals surface area contributed by atoms with Crippen molar-refractivity contribution in [1.29, 1.82) is 0 Å². The van der Waals surface area contributed by atoms with Gasteiger partial charge in [-0.1, -0.05) is 6.42 Å². The molecule has 0 fully saturated rings. The molecule has 10 heavy (non-hydrogen) atoms. The van der Waals surface area contributed by atoms with Crippen LogP contribution < -0.4 is 11.6 Å². The Bertz CT molecular complexity index is 99.0. The Morgan fingerprint density at radius 2 is 2.00 bits per heavy atom. The van der Waals surface area contributed by atoms with Crippen molar-refractivity contribution in [1.82, 2.24) is 0 Å². The molecular weight excluding hydrogens is 126 g/mol. The van der Waals surface area contributed by atoms with Crippen LogP contribution in [0, 0.1) is 0 Å². The van der Waals surface area contributed by atoms with Crippen LogP contribution in [0.3, 0.4) is 0 Å². The molecule has 0 aromatic heterocycles. The van der Waals surface area contributed by atoms with Crippen molar-refractivity contribution in [2.45, 2.75) is 32.6 Å². The zero-order valence-corrected chi connectivity index (χ0v) is 6.64. The van der Waals surface area contributed by atoms with Gasteiger partial charge in [0.15, 0.2) is 0 Å². The van der Waals surface area contributed by atoms with Crippen LogP contribution in [-0.2, 0) is 0 Å². The molecule has 0 aliphatic carbocycles. The minimum absolute atomic E-state index is 0.790. The predicted octanol–water partition coefficient (Wildman–Crippen LogP) is 0.840. The normalized spacial score (nSPS) is 12.0. The van der Waals surface area contributed by atoms with E-state index < -0.39 is 0 Å². The number of unbranched alkanes of at least 4 members (excludes halogenated alkanes) is 2. The highest BCUT2D eigenvalue weighted by Crippen LogP contribution is 1.99. The van der Waals surface area contributed by atoms with Gasteiger partial charge in [-0.3, -0.25) is 0 Å². The second kappa shape index (κ2) is 6.55. The molecule has 0 saturated carbocycles. The van der Waals surface area contributed by atoms with E-state index in [2.05, 4.69) is 5.10 Å². The van der Waals surface area contributed by atoms with Gasteiger partial charge < -0.3 is 11.6 Å². The third-order valence-corrected chi connectivity index (χ3v) is 1.46. The van der Waals surface area contributed by atoms with Crippen molar-refractivity contribution in [3.8, 4) is 0 Å². The number of nitrogens with two attached hydrogens (primary N) is 2. The van der Waals surface area contributed by atoms with Crippen molar-refractivity contribution in [2.75, 3.05) is 6.54 Å². The SMILES string of the molecule is CC(CCCCCN)=NN. The Balaban J connectivity index is 3.04. The van der Waals surface area contributed by atoms with Crippen LogP contribution in [0.4, 0.5) is 0 Å². The maximum atomic E-state index is 5.32. The van der Waals surface area contributed by atoms with Gasteiger partial charge in [0.1, 0.15) is 0 Å². The third-order valence-electron chi connectivity index (χ3n) is 1.46. The van der Waals surface area contributed by atoms with Crippen LogP contribution in [0.2, 0.25) is 0 Å². The summed E-state index contributed by atoms with van der Waals surface area (Å²) in [6.45, 7) is 2.74. The van der Waals surface area contributed by atoms with Crippen LogP contribution in [0.15, 0.2) is 5.10 Å². The van der Waals surface area contributed by atoms with Crippen LogP contribution in [0.25, 0.3) is 0 Å². The van der Waals surface area contributed by atoms with Crippen molar-refractivity contribution in [3.05, 3.63) is 0 Å². The topological polar surface area (TPSA) is 64.4 Å². The van der Waals surface area contributed by atoms with E-state index >= 15 is 0 Å². The monoisotopic (exact) mass is 143 g/mol. The fourth-order valence-electron chi connectivity index (χ4n) is 0.766. The van der Waals surface area contributed by atoms with E-state index in [-0.39, 0.29) is 0 Å². The Hall–Kier alpha value is -0.570. The summed E-state index contributed by atoms with van der Waals surface area (Å²) in [5.41, 5.74) is 6.35. The molecular formula is C7H17N3. The molecule has 60 valence electrons. The first-order valence-corrected chi connectivity index (χ1v) is 3.74. The fraction of sp³-hybridized carbons (Fsp3) is 0.857. The quantitative estimate of drug-likeness (QED) is 0.259. The van der Waals surface area contributed by atoms with Gasteiger partial charge in [-0.05, 0) is 32.7 Å². The lowest BCUT2D eigenvalue weighted by atomic mass is 10.1. The summed E-state index contributed by atoms with van der Waals surface area (Å²) in [5.74, 6) is 5.05. The molecule has 0 bridgehead atoms. The summed E-state index contributed by atoms with van der Waals surface area (Å²) in [7, 11) is 0. The average Bonchev–Trinajstić information content (AvgIpc) is 1.98. The second-order valence-electron chi connectivity index (χ2n) is 2.46. The molecule has 0 unspecified atom stereocenters. The largest absolute Gasteiger partial charge is 0.330 e. The molecule has 0 spiro atoms. The van der Waals surface area contributed by atoms with E-state index in [0.29, 0.717) is 0 Å². The molecule has 4 N–H and O–H groups in total. The maximum absolute atomic E-state index is 5.32. The van der Waals surface area contributed by atoms with E-state index in [1.54, 1.807) is 0 Å². The first kappa shape index (κ1) is 9.43. The summed E-state index contributed by atoms with van der Waals surface area (Å²) < 4.78 is 0. The summed E-state index contributed by atoms with van der Waals surface area (Å²) in [6, 6.07) is 0. The highest BCUT2D eigenvalue weighted by atomic mass is 15.1. The van der Waals surface area contributed by atoms with Gasteiger partial charge >= 0.3 is 0 Å². The standard InChI is InChI=1S/C7H17N3/c1-7(10-9)5-3-2-4-6-8/h2-6,8-9H2,1H3. The molecule has 0 heterocycles. The molecule has 0 aliphatic rings. The number of hydrogen-bond donors (Lipinski definition) is 2. The van der Waals surface area contributed by atoms with Crippen molar-refractivity contribution in [3.63, 3.8) is 0 Å². The third kappa shape index (κ3) is 5.56. The van der Waals surface area contributed by atoms with Crippen LogP contribution in [-0.4, -0.2) is 12.3 Å². The van der Waals surface area contributed by atoms with Crippen LogP contribution >= 0.6 is 0 Å². The lowest BCUT2D eigenvalue weighted by Crippen LogP contribution is -2.00. The minimum Gasteiger partial charge on any atom is -0.330 e. The number of nitrogens with zero attached hydrogens (tertiary/aromatic N) is 1. The van der Waals surface area contributed by atoms with Gasteiger partial charge in [0.25, 0.3) is 0 Å². The van der Waals surface area contributed by atoms with Gasteiger partial charge in [-0.2, -0.15) is 5.10 Å². The van der Waals surface area contributed by atoms with Gasteiger partial charge in [-0.15, -0.1) is 0 Å². The van der Waals surface area contributed by atoms with Gasteiger partial charge in [-0.25, -0.2) is 0 Å². The highest BCUT2D eigenvalue weighted by Gasteiger charge is 1.90. The maximum Gasteiger partial charge on any atom is 0.0345 e. The predicted molar refractivity (Wildman–Crippen MR) is 44.8 cm³/mol. The first-order chi connectivity index (χ1) is 4.81. The minimum atomic E-state index is 0.790. The summed E-state index contributed by atoms with van der Waals surface area (Å²) in [5, 5.41) is 3.57. The Morgan fingerprint density at radius 3 is 2.50 bits per heavy atom. The smallest absolute Gasteiger partial charge is 0.0345 e. The molecule has 0 amide bonds. The molecule has 0 aromatic carbocycles. The zero-order valence-electron chi connectivity index (χ0n) is 6.64. The Labute approximate surface area is 62.5 Å². The van der Waals surface area contributed by atoms with E-state index in [4.69, 9.17) is 11.6 Å². The summed E-state index contributed by atoms with van der Waals surface area (Å²) in [4.78, 5) is 0. The second-order valence-corrected chi connectivity index (χ2v) is 2.46. The lowest BCUT2D eigenvalue weighted by molar-refractivity contribution is 0.704. The molecule has 0 aliphatic heterocycles. The molecule has 0 aromatic rings. The fourth-order valence-corrected chi connectivity index (χ4v) is 0.766. The van der Waals surface area contributed by atoms with Crippen molar-refractivity contribution in [2.24, 2.45) is 16.7 Å². The van der Waals surface area contributed by atoms with Crippen molar-refractivity contribution >= 4 is 5.71 Å². The van der Waals surface area contributed by atoms with Gasteiger partial charge in [0, 0.05) is 5.71 Å². The van der Waals surface area contributed by atoms with Gasteiger partial charge in [0.2, 0.25) is 0 Å². The van der Waals surface area contributed by atoms with Crippen LogP contribution in [0.1, 0.15) is 32.6 Å². The Morgan fingerprint density at radius 1 is 1.30 bits per heavy atom. The lowest BCUT2D eigenvalue weighted by Gasteiger charge is -1.97. The van der Waals surface area contributed by atoms with E-state index in [1.165, 1.54) is 6.42 Å². The van der Waals surface area contributed by atoms with E-state index in [0.717, 1.165) is 31.5 Å². The van der Waals surface area contributed by atoms with E-state index in [9.17, 15) is 0 Å². The molecule has 0 rings (SSSR count). The van der Waals surface area contributed by atoms with Crippen LogP contribution in [0.5, 0.6) is 0 Å². The van der Waals surface area contributed by atoms with Crippen molar-refractivity contribution < 1.29 is 0 Å². The molecule has 0 atom stereocenters.